The Morgan fingerprint density at radius 1 is 1.28 bits per heavy atom. The molecule has 0 fully saturated rings. The minimum absolute atomic E-state index is 0.0887. The molecule has 1 rings (SSSR count). The van der Waals surface area contributed by atoms with Gasteiger partial charge in [0, 0.05) is 12.8 Å². The molecule has 0 unspecified atom stereocenters. The van der Waals surface area contributed by atoms with Crippen molar-refractivity contribution in [1.82, 2.24) is 0 Å². The number of carbonyl (C=O) groups excluding carboxylic acids is 2. The first-order valence-electron chi connectivity index (χ1n) is 5.97. The monoisotopic (exact) mass is 252 g/mol. The topological polar surface area (TPSA) is 43.4 Å². The number of ketones is 1. The standard InChI is InChI=1S/C14H17FO3/c1-11(16)4-3-9-18-14(17)8-7-12-5-2-6-13(15)10-12/h2,5-6,10H,3-4,7-9H2,1H3. The molecule has 0 amide bonds. The fraction of sp³-hybridized carbons (Fsp3) is 0.429. The first-order valence-corrected chi connectivity index (χ1v) is 5.97. The summed E-state index contributed by atoms with van der Waals surface area (Å²) in [4.78, 5) is 22.0. The molecule has 1 aromatic rings. The molecule has 0 aliphatic heterocycles. The van der Waals surface area contributed by atoms with Crippen LogP contribution in [0.3, 0.4) is 0 Å². The third kappa shape index (κ3) is 6.13. The van der Waals surface area contributed by atoms with Gasteiger partial charge in [-0.05, 0) is 37.5 Å². The van der Waals surface area contributed by atoms with Gasteiger partial charge in [0.15, 0.2) is 0 Å². The van der Waals surface area contributed by atoms with E-state index in [0.717, 1.165) is 5.56 Å². The Labute approximate surface area is 106 Å². The minimum atomic E-state index is -0.317. The normalized spacial score (nSPS) is 10.1. The van der Waals surface area contributed by atoms with Crippen LogP contribution in [0.1, 0.15) is 31.7 Å². The largest absolute Gasteiger partial charge is 0.466 e. The predicted octanol–water partition coefficient (Wildman–Crippen LogP) is 2.67. The SMILES string of the molecule is CC(=O)CCCOC(=O)CCc1cccc(F)c1. The van der Waals surface area contributed by atoms with Crippen molar-refractivity contribution in [3.63, 3.8) is 0 Å². The second-order valence-electron chi connectivity index (χ2n) is 4.16. The molecule has 98 valence electrons. The van der Waals surface area contributed by atoms with Gasteiger partial charge >= 0.3 is 5.97 Å². The van der Waals surface area contributed by atoms with E-state index < -0.39 is 0 Å². The summed E-state index contributed by atoms with van der Waals surface area (Å²) in [6.07, 6.45) is 1.67. The predicted molar refractivity (Wildman–Crippen MR) is 65.6 cm³/mol. The molecule has 0 aliphatic rings. The van der Waals surface area contributed by atoms with Crippen LogP contribution < -0.4 is 0 Å². The average molecular weight is 252 g/mol. The molecule has 1 aromatic carbocycles. The number of carbonyl (C=O) groups is 2. The van der Waals surface area contributed by atoms with Crippen LogP contribution in [0, 0.1) is 5.82 Å². The maximum atomic E-state index is 12.9. The Hall–Kier alpha value is -1.71. The van der Waals surface area contributed by atoms with Crippen LogP contribution in [-0.2, 0) is 20.7 Å². The smallest absolute Gasteiger partial charge is 0.306 e. The fourth-order valence-electron chi connectivity index (χ4n) is 1.52. The molecular formula is C14H17FO3. The van der Waals surface area contributed by atoms with Gasteiger partial charge in [0.25, 0.3) is 0 Å². The summed E-state index contributed by atoms with van der Waals surface area (Å²) >= 11 is 0. The van der Waals surface area contributed by atoms with E-state index in [0.29, 0.717) is 19.3 Å². The quantitative estimate of drug-likeness (QED) is 0.553. The molecule has 3 nitrogen and oxygen atoms in total. The Kier molecular flexibility index (Phi) is 6.05. The van der Waals surface area contributed by atoms with Gasteiger partial charge in [0.1, 0.15) is 11.6 Å². The maximum Gasteiger partial charge on any atom is 0.306 e. The molecular weight excluding hydrogens is 235 g/mol. The van der Waals surface area contributed by atoms with Crippen molar-refractivity contribution in [2.75, 3.05) is 6.61 Å². The highest BCUT2D eigenvalue weighted by Gasteiger charge is 2.04. The van der Waals surface area contributed by atoms with Crippen molar-refractivity contribution in [2.24, 2.45) is 0 Å². The average Bonchev–Trinajstić information content (AvgIpc) is 2.32. The van der Waals surface area contributed by atoms with Gasteiger partial charge in [-0.1, -0.05) is 12.1 Å². The lowest BCUT2D eigenvalue weighted by molar-refractivity contribution is -0.144. The summed E-state index contributed by atoms with van der Waals surface area (Å²) in [5.41, 5.74) is 0.774. The highest BCUT2D eigenvalue weighted by molar-refractivity contribution is 5.75. The van der Waals surface area contributed by atoms with Gasteiger partial charge in [-0.3, -0.25) is 4.79 Å². The third-order valence-corrected chi connectivity index (χ3v) is 2.44. The zero-order valence-electron chi connectivity index (χ0n) is 10.4. The summed E-state index contributed by atoms with van der Waals surface area (Å²) < 4.78 is 17.8. The highest BCUT2D eigenvalue weighted by atomic mass is 19.1. The van der Waals surface area contributed by atoms with E-state index in [1.165, 1.54) is 19.1 Å². The van der Waals surface area contributed by atoms with Gasteiger partial charge in [0.05, 0.1) is 6.61 Å². The Balaban J connectivity index is 2.19. The Morgan fingerprint density at radius 2 is 2.06 bits per heavy atom. The Bertz CT molecular complexity index is 415. The van der Waals surface area contributed by atoms with E-state index in [1.807, 2.05) is 0 Å². The number of aryl methyl sites for hydroxylation is 1. The molecule has 0 radical (unpaired) electrons. The lowest BCUT2D eigenvalue weighted by atomic mass is 10.1. The van der Waals surface area contributed by atoms with E-state index in [2.05, 4.69) is 0 Å². The molecule has 0 saturated carbocycles. The number of hydrogen-bond donors (Lipinski definition) is 0. The Morgan fingerprint density at radius 3 is 2.72 bits per heavy atom. The van der Waals surface area contributed by atoms with Crippen LogP contribution in [0.4, 0.5) is 4.39 Å². The van der Waals surface area contributed by atoms with Crippen molar-refractivity contribution in [3.05, 3.63) is 35.6 Å². The zero-order chi connectivity index (χ0) is 13.4. The second kappa shape index (κ2) is 7.58. The van der Waals surface area contributed by atoms with Crippen LogP contribution in [0.25, 0.3) is 0 Å². The lowest BCUT2D eigenvalue weighted by Crippen LogP contribution is -2.08. The molecule has 0 N–H and O–H groups in total. The highest BCUT2D eigenvalue weighted by Crippen LogP contribution is 2.07. The second-order valence-corrected chi connectivity index (χ2v) is 4.16. The van der Waals surface area contributed by atoms with Gasteiger partial charge in [0.2, 0.25) is 0 Å². The summed E-state index contributed by atoms with van der Waals surface area (Å²) in [5, 5.41) is 0. The van der Waals surface area contributed by atoms with Crippen LogP contribution >= 0.6 is 0 Å². The van der Waals surface area contributed by atoms with Crippen LogP contribution in [0.15, 0.2) is 24.3 Å². The lowest BCUT2D eigenvalue weighted by Gasteiger charge is -2.04. The zero-order valence-corrected chi connectivity index (χ0v) is 10.4. The number of Topliss-reactive ketones (excluding diaryl/α,β-unsaturated/α-hetero) is 1. The third-order valence-electron chi connectivity index (χ3n) is 2.44. The molecule has 0 atom stereocenters. The summed E-state index contributed by atoms with van der Waals surface area (Å²) in [7, 11) is 0. The van der Waals surface area contributed by atoms with Crippen molar-refractivity contribution >= 4 is 11.8 Å². The molecule has 0 aliphatic carbocycles. The maximum absolute atomic E-state index is 12.9. The van der Waals surface area contributed by atoms with Crippen LogP contribution in [0.5, 0.6) is 0 Å². The van der Waals surface area contributed by atoms with Gasteiger partial charge in [-0.25, -0.2) is 4.39 Å². The number of halogens is 1. The van der Waals surface area contributed by atoms with E-state index in [9.17, 15) is 14.0 Å². The summed E-state index contributed by atoms with van der Waals surface area (Å²) in [5.74, 6) is -0.532. The van der Waals surface area contributed by atoms with Crippen LogP contribution in [0.2, 0.25) is 0 Å². The molecule has 4 heteroatoms. The molecule has 0 bridgehead atoms. The van der Waals surface area contributed by atoms with E-state index in [1.54, 1.807) is 12.1 Å². The molecule has 0 saturated heterocycles. The first-order chi connectivity index (χ1) is 8.58. The summed E-state index contributed by atoms with van der Waals surface area (Å²) in [6, 6.07) is 6.15. The number of ether oxygens (including phenoxy) is 1. The first kappa shape index (κ1) is 14.4. The number of rotatable bonds is 7. The van der Waals surface area contributed by atoms with E-state index >= 15 is 0 Å². The van der Waals surface area contributed by atoms with Gasteiger partial charge < -0.3 is 9.53 Å². The van der Waals surface area contributed by atoms with Gasteiger partial charge in [-0.2, -0.15) is 0 Å². The van der Waals surface area contributed by atoms with Gasteiger partial charge in [-0.15, -0.1) is 0 Å². The van der Waals surface area contributed by atoms with Crippen molar-refractivity contribution in [3.8, 4) is 0 Å². The molecule has 0 heterocycles. The van der Waals surface area contributed by atoms with Crippen molar-refractivity contribution < 1.29 is 18.7 Å². The molecule has 0 spiro atoms. The van der Waals surface area contributed by atoms with Crippen LogP contribution in [-0.4, -0.2) is 18.4 Å². The number of hydrogen-bond acceptors (Lipinski definition) is 3. The fourth-order valence-corrected chi connectivity index (χ4v) is 1.52. The number of benzene rings is 1. The molecule has 0 aromatic heterocycles. The summed E-state index contributed by atoms with van der Waals surface area (Å²) in [6.45, 7) is 1.77. The van der Waals surface area contributed by atoms with E-state index in [4.69, 9.17) is 4.74 Å². The number of esters is 1. The van der Waals surface area contributed by atoms with Crippen molar-refractivity contribution in [1.29, 1.82) is 0 Å². The van der Waals surface area contributed by atoms with E-state index in [-0.39, 0.29) is 30.6 Å². The molecule has 18 heavy (non-hydrogen) atoms. The van der Waals surface area contributed by atoms with Crippen molar-refractivity contribution in [2.45, 2.75) is 32.6 Å². The minimum Gasteiger partial charge on any atom is -0.466 e.